The Morgan fingerprint density at radius 3 is 3.08 bits per heavy atom. The minimum atomic E-state index is -0.148. The molecule has 2 aromatic rings. The second-order valence-corrected chi connectivity index (χ2v) is 7.13. The number of nitrogens with zero attached hydrogens (tertiary/aromatic N) is 4. The molecule has 0 spiro atoms. The number of aryl methyl sites for hydroxylation is 2. The second kappa shape index (κ2) is 6.93. The summed E-state index contributed by atoms with van der Waals surface area (Å²) in [5.74, 6) is 1.06. The van der Waals surface area contributed by atoms with Gasteiger partial charge in [-0.2, -0.15) is 5.10 Å². The number of carbonyl (C=O) groups is 1. The molecule has 0 saturated carbocycles. The highest BCUT2D eigenvalue weighted by Gasteiger charge is 2.27. The first-order valence-corrected chi connectivity index (χ1v) is 9.16. The third-order valence-electron chi connectivity index (χ3n) is 5.32. The van der Waals surface area contributed by atoms with Gasteiger partial charge in [0.25, 0.3) is 11.5 Å². The highest BCUT2D eigenvalue weighted by molar-refractivity contribution is 5.93. The first-order valence-electron chi connectivity index (χ1n) is 9.16. The smallest absolute Gasteiger partial charge is 0.273 e. The zero-order chi connectivity index (χ0) is 18.1. The van der Waals surface area contributed by atoms with Gasteiger partial charge in [-0.15, -0.1) is 0 Å². The number of fused-ring (bicyclic) bond motifs is 1. The Bertz CT molecular complexity index is 872. The number of carbonyl (C=O) groups excluding carboxylic acids is 1. The van der Waals surface area contributed by atoms with Gasteiger partial charge < -0.3 is 14.7 Å². The van der Waals surface area contributed by atoms with E-state index in [1.54, 1.807) is 19.3 Å². The van der Waals surface area contributed by atoms with Gasteiger partial charge in [0.15, 0.2) is 5.69 Å². The summed E-state index contributed by atoms with van der Waals surface area (Å²) in [6.45, 7) is 2.25. The molecule has 8 nitrogen and oxygen atoms in total. The molecular weight excluding hydrogens is 334 g/mol. The third kappa shape index (κ3) is 3.23. The zero-order valence-electron chi connectivity index (χ0n) is 14.9. The molecule has 4 rings (SSSR count). The highest BCUT2D eigenvalue weighted by Crippen LogP contribution is 2.25. The Hall–Kier alpha value is -2.64. The fourth-order valence-electron chi connectivity index (χ4n) is 3.75. The van der Waals surface area contributed by atoms with Gasteiger partial charge in [0.1, 0.15) is 5.76 Å². The van der Waals surface area contributed by atoms with Crippen LogP contribution in [0.5, 0.6) is 0 Å². The molecular formula is C18H23N5O3. The molecule has 0 aromatic carbocycles. The number of aromatic nitrogens is 3. The molecule has 1 amide bonds. The molecule has 0 radical (unpaired) electrons. The lowest BCUT2D eigenvalue weighted by molar-refractivity contribution is 0.0938. The van der Waals surface area contributed by atoms with Gasteiger partial charge >= 0.3 is 0 Å². The quantitative estimate of drug-likeness (QED) is 0.874. The number of rotatable bonds is 4. The molecule has 138 valence electrons. The topological polar surface area (TPSA) is 93.3 Å². The summed E-state index contributed by atoms with van der Waals surface area (Å²) in [5.41, 5.74) is 2.15. The van der Waals surface area contributed by atoms with Crippen LogP contribution in [0.2, 0.25) is 0 Å². The Labute approximate surface area is 151 Å². The molecule has 1 N–H and O–H groups in total. The number of amides is 1. The SMILES string of the molecule is Cn1ncc(N2CC[C@@H](CNC(=O)c3noc4c3CCCC4)C2)cc1=O. The van der Waals surface area contributed by atoms with Crippen molar-refractivity contribution >= 4 is 11.6 Å². The molecule has 3 heterocycles. The number of nitrogens with one attached hydrogen (secondary N) is 1. The summed E-state index contributed by atoms with van der Waals surface area (Å²) in [7, 11) is 1.64. The lowest BCUT2D eigenvalue weighted by Gasteiger charge is -2.18. The van der Waals surface area contributed by atoms with Crippen LogP contribution in [0.3, 0.4) is 0 Å². The molecule has 1 aliphatic carbocycles. The van der Waals surface area contributed by atoms with Gasteiger partial charge in [-0.1, -0.05) is 5.16 Å². The molecule has 0 bridgehead atoms. The van der Waals surface area contributed by atoms with Crippen molar-refractivity contribution < 1.29 is 9.32 Å². The fourth-order valence-corrected chi connectivity index (χ4v) is 3.75. The van der Waals surface area contributed by atoms with Crippen molar-refractivity contribution in [3.8, 4) is 0 Å². The van der Waals surface area contributed by atoms with Gasteiger partial charge in [-0.3, -0.25) is 9.59 Å². The standard InChI is InChI=1S/C18H23N5O3/c1-22-16(24)8-13(10-20-22)23-7-6-12(11-23)9-19-18(25)17-14-4-2-3-5-15(14)26-21-17/h8,10,12H,2-7,9,11H2,1H3,(H,19,25)/t12-/m0/s1. The Morgan fingerprint density at radius 2 is 2.23 bits per heavy atom. The predicted octanol–water partition coefficient (Wildman–Crippen LogP) is 0.903. The van der Waals surface area contributed by atoms with Crippen molar-refractivity contribution in [1.82, 2.24) is 20.3 Å². The second-order valence-electron chi connectivity index (χ2n) is 7.13. The average Bonchev–Trinajstić information content (AvgIpc) is 3.29. The van der Waals surface area contributed by atoms with Crippen LogP contribution in [-0.2, 0) is 19.9 Å². The number of hydrogen-bond donors (Lipinski definition) is 1. The average molecular weight is 357 g/mol. The maximum Gasteiger partial charge on any atom is 0.273 e. The Morgan fingerprint density at radius 1 is 1.38 bits per heavy atom. The van der Waals surface area contributed by atoms with Crippen LogP contribution < -0.4 is 15.8 Å². The van der Waals surface area contributed by atoms with Gasteiger partial charge in [-0.05, 0) is 31.6 Å². The first kappa shape index (κ1) is 16.8. The van der Waals surface area contributed by atoms with Crippen molar-refractivity contribution in [2.45, 2.75) is 32.1 Å². The lowest BCUT2D eigenvalue weighted by Crippen LogP contribution is -2.32. The third-order valence-corrected chi connectivity index (χ3v) is 5.32. The van der Waals surface area contributed by atoms with E-state index in [1.807, 2.05) is 0 Å². The van der Waals surface area contributed by atoms with Crippen molar-refractivity contribution in [3.63, 3.8) is 0 Å². The van der Waals surface area contributed by atoms with Crippen LogP contribution in [0.1, 0.15) is 41.1 Å². The van der Waals surface area contributed by atoms with Crippen LogP contribution in [-0.4, -0.2) is 40.5 Å². The van der Waals surface area contributed by atoms with Crippen molar-refractivity contribution in [1.29, 1.82) is 0 Å². The molecule has 2 aliphatic rings. The van der Waals surface area contributed by atoms with Gasteiger partial charge in [0, 0.05) is 44.7 Å². The monoisotopic (exact) mass is 357 g/mol. The molecule has 1 aliphatic heterocycles. The predicted molar refractivity (Wildman–Crippen MR) is 95.3 cm³/mol. The molecule has 0 unspecified atom stereocenters. The highest BCUT2D eigenvalue weighted by atomic mass is 16.5. The summed E-state index contributed by atoms with van der Waals surface area (Å²) in [5, 5.41) is 11.1. The first-order chi connectivity index (χ1) is 12.6. The fraction of sp³-hybridized carbons (Fsp3) is 0.556. The minimum absolute atomic E-state index is 0.116. The molecule has 2 aromatic heterocycles. The molecule has 1 saturated heterocycles. The maximum atomic E-state index is 12.5. The van der Waals surface area contributed by atoms with Crippen molar-refractivity contribution in [3.05, 3.63) is 39.6 Å². The molecule has 1 fully saturated rings. The minimum Gasteiger partial charge on any atom is -0.370 e. The van der Waals surface area contributed by atoms with E-state index in [2.05, 4.69) is 20.5 Å². The van der Waals surface area contributed by atoms with E-state index < -0.39 is 0 Å². The summed E-state index contributed by atoms with van der Waals surface area (Å²) in [6, 6.07) is 1.61. The number of hydrogen-bond acceptors (Lipinski definition) is 6. The van der Waals surface area contributed by atoms with Crippen LogP contribution in [0.15, 0.2) is 21.6 Å². The lowest BCUT2D eigenvalue weighted by atomic mass is 9.96. The van der Waals surface area contributed by atoms with E-state index in [0.29, 0.717) is 18.2 Å². The van der Waals surface area contributed by atoms with Crippen LogP contribution in [0, 0.1) is 5.92 Å². The summed E-state index contributed by atoms with van der Waals surface area (Å²) < 4.78 is 6.63. The van der Waals surface area contributed by atoms with Crippen LogP contribution in [0.4, 0.5) is 5.69 Å². The van der Waals surface area contributed by atoms with Gasteiger partial charge in [0.2, 0.25) is 0 Å². The number of anilines is 1. The molecule has 26 heavy (non-hydrogen) atoms. The summed E-state index contributed by atoms with van der Waals surface area (Å²) in [6.07, 6.45) is 6.60. The molecule has 1 atom stereocenters. The van der Waals surface area contributed by atoms with Gasteiger partial charge in [0.05, 0.1) is 11.9 Å². The zero-order valence-corrected chi connectivity index (χ0v) is 14.9. The summed E-state index contributed by atoms with van der Waals surface area (Å²) >= 11 is 0. The van der Waals surface area contributed by atoms with E-state index >= 15 is 0 Å². The van der Waals surface area contributed by atoms with Crippen LogP contribution in [0.25, 0.3) is 0 Å². The van der Waals surface area contributed by atoms with E-state index in [-0.39, 0.29) is 11.5 Å². The van der Waals surface area contributed by atoms with E-state index in [1.165, 1.54) is 4.68 Å². The van der Waals surface area contributed by atoms with E-state index in [4.69, 9.17) is 4.52 Å². The van der Waals surface area contributed by atoms with Crippen molar-refractivity contribution in [2.75, 3.05) is 24.5 Å². The normalized spacial score (nSPS) is 19.4. The Kier molecular flexibility index (Phi) is 4.48. The molecule has 8 heteroatoms. The Balaban J connectivity index is 1.34. The maximum absolute atomic E-state index is 12.5. The summed E-state index contributed by atoms with van der Waals surface area (Å²) in [4.78, 5) is 26.4. The van der Waals surface area contributed by atoms with Crippen molar-refractivity contribution in [2.24, 2.45) is 13.0 Å². The van der Waals surface area contributed by atoms with E-state index in [9.17, 15) is 9.59 Å². The van der Waals surface area contributed by atoms with E-state index in [0.717, 1.165) is 62.2 Å². The largest absolute Gasteiger partial charge is 0.370 e. The van der Waals surface area contributed by atoms with Gasteiger partial charge in [-0.25, -0.2) is 4.68 Å². The van der Waals surface area contributed by atoms with Crippen LogP contribution >= 0.6 is 0 Å².